The van der Waals surface area contributed by atoms with Crippen LogP contribution in [0.3, 0.4) is 0 Å². The molecule has 0 fully saturated rings. The molecule has 19 heavy (non-hydrogen) atoms. The average molecular weight is 260 g/mol. The molecule has 0 saturated carbocycles. The van der Waals surface area contributed by atoms with Gasteiger partial charge < -0.3 is 10.4 Å². The van der Waals surface area contributed by atoms with Gasteiger partial charge in [0.1, 0.15) is 5.69 Å². The zero-order chi connectivity index (χ0) is 14.1. The number of carbonyl (C=O) groups excluding carboxylic acids is 1. The lowest BCUT2D eigenvalue weighted by atomic mass is 10.1. The van der Waals surface area contributed by atoms with E-state index in [4.69, 9.17) is 5.11 Å². The normalized spacial score (nSPS) is 11.3. The van der Waals surface area contributed by atoms with Crippen LogP contribution in [0.15, 0.2) is 18.3 Å². The second-order valence-corrected chi connectivity index (χ2v) is 4.34. The van der Waals surface area contributed by atoms with Gasteiger partial charge >= 0.3 is 0 Å². The number of aliphatic hydroxyl groups excluding tert-OH is 1. The van der Waals surface area contributed by atoms with E-state index in [0.29, 0.717) is 17.7 Å². The highest BCUT2D eigenvalue weighted by Gasteiger charge is 2.13. The quantitative estimate of drug-likeness (QED) is 0.793. The molecule has 0 saturated heterocycles. The Labute approximate surface area is 114 Å². The number of hydrogen-bond acceptors (Lipinski definition) is 3. The molecule has 4 heteroatoms. The van der Waals surface area contributed by atoms with Crippen LogP contribution < -0.4 is 5.32 Å². The smallest absolute Gasteiger partial charge is 0.271 e. The Bertz CT molecular complexity index is 475. The van der Waals surface area contributed by atoms with Crippen molar-refractivity contribution in [2.45, 2.75) is 39.2 Å². The number of pyridine rings is 1. The highest BCUT2D eigenvalue weighted by molar-refractivity contribution is 5.94. The van der Waals surface area contributed by atoms with Crippen molar-refractivity contribution in [3.8, 4) is 11.8 Å². The molecule has 102 valence electrons. The van der Waals surface area contributed by atoms with Gasteiger partial charge in [0.15, 0.2) is 0 Å². The van der Waals surface area contributed by atoms with Gasteiger partial charge in [-0.3, -0.25) is 4.79 Å². The Morgan fingerprint density at radius 1 is 1.58 bits per heavy atom. The van der Waals surface area contributed by atoms with E-state index >= 15 is 0 Å². The number of hydrogen-bond donors (Lipinski definition) is 2. The molecule has 2 N–H and O–H groups in total. The van der Waals surface area contributed by atoms with Crippen molar-refractivity contribution >= 4 is 5.91 Å². The van der Waals surface area contributed by atoms with Crippen LogP contribution >= 0.6 is 0 Å². The second-order valence-electron chi connectivity index (χ2n) is 4.34. The molecule has 1 aromatic heterocycles. The second kappa shape index (κ2) is 8.28. The van der Waals surface area contributed by atoms with Gasteiger partial charge in [0.05, 0.1) is 12.2 Å². The van der Waals surface area contributed by atoms with Crippen molar-refractivity contribution in [1.82, 2.24) is 10.3 Å². The molecular weight excluding hydrogens is 240 g/mol. The van der Waals surface area contributed by atoms with E-state index in [2.05, 4.69) is 29.1 Å². The van der Waals surface area contributed by atoms with Gasteiger partial charge in [0, 0.05) is 18.7 Å². The minimum Gasteiger partial charge on any atom is -0.395 e. The van der Waals surface area contributed by atoms with E-state index in [1.165, 1.54) is 0 Å². The fraction of sp³-hybridized carbons (Fsp3) is 0.467. The van der Waals surface area contributed by atoms with Crippen molar-refractivity contribution in [2.24, 2.45) is 0 Å². The first-order chi connectivity index (χ1) is 9.19. The molecule has 1 aromatic rings. The summed E-state index contributed by atoms with van der Waals surface area (Å²) < 4.78 is 0. The molecule has 0 aromatic carbocycles. The number of aromatic nitrogens is 1. The van der Waals surface area contributed by atoms with Gasteiger partial charge in [-0.15, -0.1) is 0 Å². The standard InChI is InChI=1S/C15H20N2O2/c1-3-7-12(2)17-15(19)14-13(8-4-5-11-18)9-6-10-16-14/h6,9-10,12,18H,3,5,7,11H2,1-2H3,(H,17,19). The first-order valence-electron chi connectivity index (χ1n) is 6.54. The van der Waals surface area contributed by atoms with Crippen LogP contribution in [-0.2, 0) is 0 Å². The maximum atomic E-state index is 12.1. The first kappa shape index (κ1) is 15.2. The number of amides is 1. The summed E-state index contributed by atoms with van der Waals surface area (Å²) in [5, 5.41) is 11.6. The molecule has 0 aliphatic rings. The number of nitrogens with one attached hydrogen (secondary N) is 1. The lowest BCUT2D eigenvalue weighted by Crippen LogP contribution is -2.33. The number of nitrogens with zero attached hydrogens (tertiary/aromatic N) is 1. The Kier molecular flexibility index (Phi) is 6.62. The van der Waals surface area contributed by atoms with E-state index < -0.39 is 0 Å². The molecule has 1 unspecified atom stereocenters. The van der Waals surface area contributed by atoms with Gasteiger partial charge in [0.25, 0.3) is 5.91 Å². The molecular formula is C15H20N2O2. The fourth-order valence-corrected chi connectivity index (χ4v) is 1.70. The summed E-state index contributed by atoms with van der Waals surface area (Å²) in [5.41, 5.74) is 0.938. The van der Waals surface area contributed by atoms with Gasteiger partial charge in [-0.25, -0.2) is 4.98 Å². The molecule has 4 nitrogen and oxygen atoms in total. The average Bonchev–Trinajstić information content (AvgIpc) is 2.39. The van der Waals surface area contributed by atoms with E-state index in [-0.39, 0.29) is 18.6 Å². The first-order valence-corrected chi connectivity index (χ1v) is 6.54. The van der Waals surface area contributed by atoms with Crippen molar-refractivity contribution in [1.29, 1.82) is 0 Å². The zero-order valence-electron chi connectivity index (χ0n) is 11.4. The highest BCUT2D eigenvalue weighted by Crippen LogP contribution is 2.05. The number of aliphatic hydroxyl groups is 1. The van der Waals surface area contributed by atoms with Crippen molar-refractivity contribution in [3.63, 3.8) is 0 Å². The maximum Gasteiger partial charge on any atom is 0.271 e. The van der Waals surface area contributed by atoms with Crippen LogP contribution in [0.25, 0.3) is 0 Å². The maximum absolute atomic E-state index is 12.1. The van der Waals surface area contributed by atoms with Crippen LogP contribution in [0, 0.1) is 11.8 Å². The van der Waals surface area contributed by atoms with Gasteiger partial charge in [-0.1, -0.05) is 25.2 Å². The summed E-state index contributed by atoms with van der Waals surface area (Å²) in [6, 6.07) is 3.63. The Morgan fingerprint density at radius 3 is 3.05 bits per heavy atom. The Hall–Kier alpha value is -1.86. The van der Waals surface area contributed by atoms with E-state index in [1.807, 2.05) is 6.92 Å². The molecule has 1 atom stereocenters. The van der Waals surface area contributed by atoms with E-state index in [1.54, 1.807) is 18.3 Å². The lowest BCUT2D eigenvalue weighted by Gasteiger charge is -2.12. The predicted octanol–water partition coefficient (Wildman–Crippen LogP) is 1.73. The van der Waals surface area contributed by atoms with Crippen LogP contribution in [0.2, 0.25) is 0 Å². The minimum absolute atomic E-state index is 0.0162. The van der Waals surface area contributed by atoms with Crippen LogP contribution in [-0.4, -0.2) is 28.6 Å². The van der Waals surface area contributed by atoms with Gasteiger partial charge in [-0.2, -0.15) is 0 Å². The molecule has 0 aliphatic heterocycles. The third-order valence-electron chi connectivity index (χ3n) is 2.58. The summed E-state index contributed by atoms with van der Waals surface area (Å²) in [6.45, 7) is 4.07. The molecule has 0 aliphatic carbocycles. The van der Waals surface area contributed by atoms with Gasteiger partial charge in [0.2, 0.25) is 0 Å². The van der Waals surface area contributed by atoms with Crippen molar-refractivity contribution in [3.05, 3.63) is 29.6 Å². The summed E-state index contributed by atoms with van der Waals surface area (Å²) in [5.74, 6) is 5.47. The van der Waals surface area contributed by atoms with Gasteiger partial charge in [-0.05, 0) is 25.5 Å². The molecule has 0 radical (unpaired) electrons. The lowest BCUT2D eigenvalue weighted by molar-refractivity contribution is 0.0933. The van der Waals surface area contributed by atoms with Crippen LogP contribution in [0.1, 0.15) is 49.2 Å². The van der Waals surface area contributed by atoms with Crippen molar-refractivity contribution < 1.29 is 9.90 Å². The summed E-state index contributed by atoms with van der Waals surface area (Å²) in [6.07, 6.45) is 3.93. The molecule has 0 spiro atoms. The Morgan fingerprint density at radius 2 is 2.37 bits per heavy atom. The monoisotopic (exact) mass is 260 g/mol. The number of rotatable bonds is 5. The predicted molar refractivity (Wildman–Crippen MR) is 74.7 cm³/mol. The molecule has 0 bridgehead atoms. The number of carbonyl (C=O) groups is 1. The molecule has 1 amide bonds. The van der Waals surface area contributed by atoms with Crippen LogP contribution in [0.4, 0.5) is 0 Å². The minimum atomic E-state index is -0.199. The zero-order valence-corrected chi connectivity index (χ0v) is 11.4. The summed E-state index contributed by atoms with van der Waals surface area (Å²) in [7, 11) is 0. The fourth-order valence-electron chi connectivity index (χ4n) is 1.70. The largest absolute Gasteiger partial charge is 0.395 e. The molecule has 1 rings (SSSR count). The summed E-state index contributed by atoms with van der Waals surface area (Å²) >= 11 is 0. The third kappa shape index (κ3) is 5.11. The van der Waals surface area contributed by atoms with Crippen molar-refractivity contribution in [2.75, 3.05) is 6.61 Å². The summed E-state index contributed by atoms with van der Waals surface area (Å²) in [4.78, 5) is 16.2. The Balaban J connectivity index is 2.82. The molecule has 1 heterocycles. The third-order valence-corrected chi connectivity index (χ3v) is 2.58. The van der Waals surface area contributed by atoms with E-state index in [0.717, 1.165) is 12.8 Å². The highest BCUT2D eigenvalue weighted by atomic mass is 16.2. The SMILES string of the molecule is CCCC(C)NC(=O)c1ncccc1C#CCCO. The topological polar surface area (TPSA) is 62.2 Å². The van der Waals surface area contributed by atoms with Crippen LogP contribution in [0.5, 0.6) is 0 Å². The van der Waals surface area contributed by atoms with E-state index in [9.17, 15) is 4.79 Å².